The molecule has 0 aromatic heterocycles. The second kappa shape index (κ2) is 3.85. The molecule has 3 nitrogen and oxygen atoms in total. The van der Waals surface area contributed by atoms with Crippen LogP contribution >= 0.6 is 23.2 Å². The largest absolute Gasteiger partial charge is 0.505 e. The first-order valence-corrected chi connectivity index (χ1v) is 4.08. The number of carbonyl (C=O) groups is 1. The molecule has 1 N–H and O–H groups in total. The summed E-state index contributed by atoms with van der Waals surface area (Å²) in [6.07, 6.45) is 0. The predicted molar refractivity (Wildman–Crippen MR) is 49.5 cm³/mol. The number of carbonyl (C=O) groups excluding carboxylic acids is 1. The SMILES string of the molecule is COC(=O)c1cc(Cl)cc(Cl)c1O. The Bertz CT molecular complexity index is 349. The van der Waals surface area contributed by atoms with Gasteiger partial charge >= 0.3 is 5.97 Å². The summed E-state index contributed by atoms with van der Waals surface area (Å²) in [6.45, 7) is 0. The van der Waals surface area contributed by atoms with Crippen molar-refractivity contribution in [2.45, 2.75) is 0 Å². The van der Waals surface area contributed by atoms with Crippen molar-refractivity contribution in [1.82, 2.24) is 0 Å². The first kappa shape index (κ1) is 10.2. The van der Waals surface area contributed by atoms with E-state index in [0.29, 0.717) is 0 Å². The van der Waals surface area contributed by atoms with Gasteiger partial charge in [-0.1, -0.05) is 23.2 Å². The van der Waals surface area contributed by atoms with Crippen molar-refractivity contribution in [2.75, 3.05) is 7.11 Å². The number of esters is 1. The van der Waals surface area contributed by atoms with Crippen molar-refractivity contribution in [3.63, 3.8) is 0 Å². The summed E-state index contributed by atoms with van der Waals surface area (Å²) in [5, 5.41) is 9.62. The third kappa shape index (κ3) is 2.05. The van der Waals surface area contributed by atoms with Crippen LogP contribution < -0.4 is 0 Å². The van der Waals surface area contributed by atoms with Crippen LogP contribution in [-0.2, 0) is 4.74 Å². The monoisotopic (exact) mass is 220 g/mol. The molecule has 70 valence electrons. The molecule has 0 heterocycles. The van der Waals surface area contributed by atoms with Crippen molar-refractivity contribution in [3.8, 4) is 5.75 Å². The van der Waals surface area contributed by atoms with E-state index in [1.165, 1.54) is 19.2 Å². The highest BCUT2D eigenvalue weighted by atomic mass is 35.5. The van der Waals surface area contributed by atoms with Crippen LogP contribution in [0.15, 0.2) is 12.1 Å². The quantitative estimate of drug-likeness (QED) is 0.741. The number of benzene rings is 1. The highest BCUT2D eigenvalue weighted by Crippen LogP contribution is 2.31. The standard InChI is InChI=1S/C8H6Cl2O3/c1-13-8(12)5-2-4(9)3-6(10)7(5)11/h2-3,11H,1H3. The molecule has 1 aromatic carbocycles. The topological polar surface area (TPSA) is 46.5 Å². The number of methoxy groups -OCH3 is 1. The Hall–Kier alpha value is -0.930. The lowest BCUT2D eigenvalue weighted by molar-refractivity contribution is 0.0597. The van der Waals surface area contributed by atoms with Crippen molar-refractivity contribution < 1.29 is 14.6 Å². The summed E-state index contributed by atoms with van der Waals surface area (Å²) >= 11 is 11.2. The zero-order valence-corrected chi connectivity index (χ0v) is 8.19. The Morgan fingerprint density at radius 3 is 2.62 bits per heavy atom. The van der Waals surface area contributed by atoms with Crippen molar-refractivity contribution in [2.24, 2.45) is 0 Å². The van der Waals surface area contributed by atoms with Gasteiger partial charge in [0.25, 0.3) is 0 Å². The number of halogens is 2. The van der Waals surface area contributed by atoms with Crippen LogP contribution in [0.2, 0.25) is 10.0 Å². The van der Waals surface area contributed by atoms with E-state index < -0.39 is 5.97 Å². The summed E-state index contributed by atoms with van der Waals surface area (Å²) in [7, 11) is 1.20. The van der Waals surface area contributed by atoms with E-state index in [9.17, 15) is 9.90 Å². The normalized spacial score (nSPS) is 9.77. The number of phenolic OH excluding ortho intramolecular Hbond substituents is 1. The molecule has 0 bridgehead atoms. The molecule has 0 unspecified atom stereocenters. The van der Waals surface area contributed by atoms with Gasteiger partial charge in [-0.3, -0.25) is 0 Å². The van der Waals surface area contributed by atoms with Gasteiger partial charge in [-0.15, -0.1) is 0 Å². The van der Waals surface area contributed by atoms with Crippen LogP contribution in [-0.4, -0.2) is 18.2 Å². The number of hydrogen-bond donors (Lipinski definition) is 1. The van der Waals surface area contributed by atoms with E-state index in [0.717, 1.165) is 0 Å². The van der Waals surface area contributed by atoms with Gasteiger partial charge in [0.2, 0.25) is 0 Å². The van der Waals surface area contributed by atoms with Gasteiger partial charge in [-0.2, -0.15) is 0 Å². The van der Waals surface area contributed by atoms with Crippen LogP contribution in [0.1, 0.15) is 10.4 Å². The Morgan fingerprint density at radius 2 is 2.08 bits per heavy atom. The summed E-state index contributed by atoms with van der Waals surface area (Å²) in [4.78, 5) is 11.0. The first-order valence-electron chi connectivity index (χ1n) is 3.32. The lowest BCUT2D eigenvalue weighted by Gasteiger charge is -2.04. The van der Waals surface area contributed by atoms with Crippen LogP contribution in [0, 0.1) is 0 Å². The molecule has 5 heteroatoms. The highest BCUT2D eigenvalue weighted by Gasteiger charge is 2.15. The molecule has 0 saturated heterocycles. The summed E-state index contributed by atoms with van der Waals surface area (Å²) < 4.78 is 4.41. The van der Waals surface area contributed by atoms with Gasteiger partial charge in [-0.25, -0.2) is 4.79 Å². The van der Waals surface area contributed by atoms with Crippen molar-refractivity contribution >= 4 is 29.2 Å². The highest BCUT2D eigenvalue weighted by molar-refractivity contribution is 6.36. The van der Waals surface area contributed by atoms with Gasteiger partial charge in [0.15, 0.2) is 0 Å². The first-order chi connectivity index (χ1) is 6.06. The Morgan fingerprint density at radius 1 is 1.46 bits per heavy atom. The van der Waals surface area contributed by atoms with E-state index in [1.807, 2.05) is 0 Å². The Kier molecular flexibility index (Phi) is 3.01. The fourth-order valence-electron chi connectivity index (χ4n) is 0.832. The third-order valence-electron chi connectivity index (χ3n) is 1.43. The van der Waals surface area contributed by atoms with Gasteiger partial charge in [0.05, 0.1) is 12.1 Å². The number of phenols is 1. The number of aromatic hydroxyl groups is 1. The van der Waals surface area contributed by atoms with Gasteiger partial charge < -0.3 is 9.84 Å². The molecule has 0 spiro atoms. The maximum atomic E-state index is 11.0. The Labute approximate surface area is 84.8 Å². The number of hydrogen-bond acceptors (Lipinski definition) is 3. The minimum Gasteiger partial charge on any atom is -0.505 e. The lowest BCUT2D eigenvalue weighted by Crippen LogP contribution is -2.01. The van der Waals surface area contributed by atoms with E-state index >= 15 is 0 Å². The second-order valence-electron chi connectivity index (χ2n) is 2.28. The van der Waals surface area contributed by atoms with Gasteiger partial charge in [-0.05, 0) is 12.1 Å². The van der Waals surface area contributed by atoms with Crippen molar-refractivity contribution in [3.05, 3.63) is 27.7 Å². The zero-order chi connectivity index (χ0) is 10.0. The van der Waals surface area contributed by atoms with Crippen LogP contribution in [0.25, 0.3) is 0 Å². The molecule has 0 fully saturated rings. The average molecular weight is 221 g/mol. The zero-order valence-electron chi connectivity index (χ0n) is 6.67. The minimum absolute atomic E-state index is 0.0212. The van der Waals surface area contributed by atoms with E-state index in [-0.39, 0.29) is 21.4 Å². The van der Waals surface area contributed by atoms with E-state index in [2.05, 4.69) is 4.74 Å². The predicted octanol–water partition coefficient (Wildman–Crippen LogP) is 2.49. The maximum Gasteiger partial charge on any atom is 0.341 e. The molecule has 0 atom stereocenters. The maximum absolute atomic E-state index is 11.0. The summed E-state index contributed by atoms with van der Waals surface area (Å²) in [6, 6.07) is 2.62. The average Bonchev–Trinajstić information content (AvgIpc) is 2.10. The number of ether oxygens (including phenoxy) is 1. The summed E-state index contributed by atoms with van der Waals surface area (Å²) in [5.41, 5.74) is -0.0417. The van der Waals surface area contributed by atoms with Gasteiger partial charge in [0, 0.05) is 5.02 Å². The molecule has 1 rings (SSSR count). The molecule has 13 heavy (non-hydrogen) atoms. The van der Waals surface area contributed by atoms with Crippen molar-refractivity contribution in [1.29, 1.82) is 0 Å². The van der Waals surface area contributed by atoms with E-state index in [4.69, 9.17) is 23.2 Å². The molecule has 0 aliphatic rings. The number of rotatable bonds is 1. The second-order valence-corrected chi connectivity index (χ2v) is 3.12. The van der Waals surface area contributed by atoms with Crippen LogP contribution in [0.4, 0.5) is 0 Å². The van der Waals surface area contributed by atoms with Crippen LogP contribution in [0.5, 0.6) is 5.75 Å². The molecule has 0 aliphatic carbocycles. The summed E-state index contributed by atoms with van der Waals surface area (Å²) in [5.74, 6) is -1.00. The Balaban J connectivity index is 3.28. The third-order valence-corrected chi connectivity index (χ3v) is 1.94. The molecule has 0 radical (unpaired) electrons. The molecule has 0 aliphatic heterocycles. The molecular weight excluding hydrogens is 215 g/mol. The molecule has 0 amide bonds. The minimum atomic E-state index is -0.679. The molecule has 0 saturated carbocycles. The van der Waals surface area contributed by atoms with E-state index in [1.54, 1.807) is 0 Å². The smallest absolute Gasteiger partial charge is 0.341 e. The molecule has 1 aromatic rings. The lowest BCUT2D eigenvalue weighted by atomic mass is 10.2. The van der Waals surface area contributed by atoms with Gasteiger partial charge in [0.1, 0.15) is 11.3 Å². The van der Waals surface area contributed by atoms with Crippen LogP contribution in [0.3, 0.4) is 0 Å². The fraction of sp³-hybridized carbons (Fsp3) is 0.125. The fourth-order valence-corrected chi connectivity index (χ4v) is 1.32. The molecular formula is C8H6Cl2O3.